The molecule has 1 amide bonds. The van der Waals surface area contributed by atoms with Gasteiger partial charge in [0, 0.05) is 25.8 Å². The van der Waals surface area contributed by atoms with Gasteiger partial charge in [-0.25, -0.2) is 0 Å². The number of anilines is 1. The van der Waals surface area contributed by atoms with E-state index in [-0.39, 0.29) is 12.0 Å². The van der Waals surface area contributed by atoms with Crippen molar-refractivity contribution in [3.05, 3.63) is 29.3 Å². The Bertz CT molecular complexity index is 453. The lowest BCUT2D eigenvalue weighted by Crippen LogP contribution is -2.41. The van der Waals surface area contributed by atoms with E-state index in [2.05, 4.69) is 11.4 Å². The van der Waals surface area contributed by atoms with Crippen LogP contribution in [0, 0.1) is 13.8 Å². The molecule has 0 aromatic heterocycles. The minimum atomic E-state index is -0.00573. The molecule has 1 N–H and O–H groups in total. The summed E-state index contributed by atoms with van der Waals surface area (Å²) in [6.45, 7) is 6.38. The number of ether oxygens (including phenoxy) is 1. The zero-order valence-electron chi connectivity index (χ0n) is 11.9. The van der Waals surface area contributed by atoms with Crippen LogP contribution < -0.4 is 10.2 Å². The van der Waals surface area contributed by atoms with Crippen LogP contribution in [0.25, 0.3) is 0 Å². The average molecular weight is 262 g/mol. The highest BCUT2D eigenvalue weighted by atomic mass is 16.5. The summed E-state index contributed by atoms with van der Waals surface area (Å²) in [5.74, 6) is 0.0994. The van der Waals surface area contributed by atoms with Crippen LogP contribution in [0.15, 0.2) is 18.2 Å². The second-order valence-electron chi connectivity index (χ2n) is 5.14. The molecule has 1 aliphatic heterocycles. The molecule has 1 aromatic carbocycles. The summed E-state index contributed by atoms with van der Waals surface area (Å²) in [6.07, 6.45) is 0.422. The van der Waals surface area contributed by atoms with E-state index >= 15 is 0 Å². The molecule has 1 aromatic rings. The van der Waals surface area contributed by atoms with Crippen LogP contribution in [0.1, 0.15) is 17.5 Å². The largest absolute Gasteiger partial charge is 0.375 e. The first-order chi connectivity index (χ1) is 9.08. The smallest absolute Gasteiger partial charge is 0.229 e. The fraction of sp³-hybridized carbons (Fsp3) is 0.533. The highest BCUT2D eigenvalue weighted by molar-refractivity contribution is 5.94. The van der Waals surface area contributed by atoms with Crippen LogP contribution in [0.5, 0.6) is 0 Å². The molecular weight excluding hydrogens is 240 g/mol. The average Bonchev–Trinajstić information content (AvgIpc) is 2.42. The van der Waals surface area contributed by atoms with E-state index < -0.39 is 0 Å². The zero-order chi connectivity index (χ0) is 13.8. The number of hydrogen-bond donors (Lipinski definition) is 1. The van der Waals surface area contributed by atoms with Crippen molar-refractivity contribution in [1.82, 2.24) is 5.32 Å². The van der Waals surface area contributed by atoms with Gasteiger partial charge in [0.15, 0.2) is 0 Å². The van der Waals surface area contributed by atoms with Crippen LogP contribution in [-0.2, 0) is 9.53 Å². The second kappa shape index (κ2) is 6.17. The SMILES string of the molecule is Cc1ccc(C)c(N(C)C(=O)CC2CNCCO2)c1. The van der Waals surface area contributed by atoms with Crippen molar-refractivity contribution in [1.29, 1.82) is 0 Å². The monoisotopic (exact) mass is 262 g/mol. The summed E-state index contributed by atoms with van der Waals surface area (Å²) in [5.41, 5.74) is 3.26. The fourth-order valence-corrected chi connectivity index (χ4v) is 2.30. The van der Waals surface area contributed by atoms with Crippen molar-refractivity contribution in [2.24, 2.45) is 0 Å². The Labute approximate surface area is 114 Å². The molecule has 1 saturated heterocycles. The van der Waals surface area contributed by atoms with Gasteiger partial charge in [-0.15, -0.1) is 0 Å². The summed E-state index contributed by atoms with van der Waals surface area (Å²) < 4.78 is 5.58. The predicted octanol–water partition coefficient (Wildman–Crippen LogP) is 1.64. The van der Waals surface area contributed by atoms with Crippen molar-refractivity contribution >= 4 is 11.6 Å². The van der Waals surface area contributed by atoms with Crippen LogP contribution in [0.4, 0.5) is 5.69 Å². The summed E-state index contributed by atoms with van der Waals surface area (Å²) >= 11 is 0. The van der Waals surface area contributed by atoms with Gasteiger partial charge < -0.3 is 15.0 Å². The van der Waals surface area contributed by atoms with Gasteiger partial charge in [0.2, 0.25) is 5.91 Å². The lowest BCUT2D eigenvalue weighted by Gasteiger charge is -2.26. The van der Waals surface area contributed by atoms with Gasteiger partial charge in [-0.05, 0) is 31.0 Å². The number of benzene rings is 1. The molecule has 4 heteroatoms. The molecule has 0 saturated carbocycles. The second-order valence-corrected chi connectivity index (χ2v) is 5.14. The van der Waals surface area contributed by atoms with Gasteiger partial charge in [-0.2, -0.15) is 0 Å². The summed E-state index contributed by atoms with van der Waals surface area (Å²) in [5, 5.41) is 3.24. The zero-order valence-corrected chi connectivity index (χ0v) is 11.9. The van der Waals surface area contributed by atoms with Gasteiger partial charge in [-0.1, -0.05) is 12.1 Å². The summed E-state index contributed by atoms with van der Waals surface area (Å²) in [7, 11) is 1.83. The van der Waals surface area contributed by atoms with Crippen molar-refractivity contribution in [3.63, 3.8) is 0 Å². The third-order valence-corrected chi connectivity index (χ3v) is 3.51. The molecule has 0 radical (unpaired) electrons. The summed E-state index contributed by atoms with van der Waals surface area (Å²) in [4.78, 5) is 14.0. The van der Waals surface area contributed by atoms with E-state index in [0.717, 1.165) is 29.9 Å². The standard InChI is InChI=1S/C15H22N2O2/c1-11-4-5-12(2)14(8-11)17(3)15(18)9-13-10-16-6-7-19-13/h4-5,8,13,16H,6-7,9-10H2,1-3H3. The molecule has 19 heavy (non-hydrogen) atoms. The number of rotatable bonds is 3. The minimum absolute atomic E-state index is 0.00573. The third-order valence-electron chi connectivity index (χ3n) is 3.51. The molecule has 0 bridgehead atoms. The molecule has 104 valence electrons. The number of carbonyl (C=O) groups is 1. The number of amides is 1. The number of hydrogen-bond acceptors (Lipinski definition) is 3. The number of aryl methyl sites for hydroxylation is 2. The first-order valence-corrected chi connectivity index (χ1v) is 6.74. The van der Waals surface area contributed by atoms with Crippen molar-refractivity contribution in [2.45, 2.75) is 26.4 Å². The van der Waals surface area contributed by atoms with Crippen molar-refractivity contribution in [2.75, 3.05) is 31.6 Å². The maximum absolute atomic E-state index is 12.3. The highest BCUT2D eigenvalue weighted by Gasteiger charge is 2.21. The molecule has 4 nitrogen and oxygen atoms in total. The predicted molar refractivity (Wildman–Crippen MR) is 76.6 cm³/mol. The molecule has 1 heterocycles. The Hall–Kier alpha value is -1.39. The van der Waals surface area contributed by atoms with Gasteiger partial charge in [-0.3, -0.25) is 4.79 Å². The van der Waals surface area contributed by atoms with Crippen LogP contribution >= 0.6 is 0 Å². The first-order valence-electron chi connectivity index (χ1n) is 6.74. The van der Waals surface area contributed by atoms with Gasteiger partial charge in [0.1, 0.15) is 0 Å². The molecular formula is C15H22N2O2. The Kier molecular flexibility index (Phi) is 4.56. The number of nitrogens with zero attached hydrogens (tertiary/aromatic N) is 1. The topological polar surface area (TPSA) is 41.6 Å². The van der Waals surface area contributed by atoms with E-state index in [0.29, 0.717) is 13.0 Å². The van der Waals surface area contributed by atoms with Gasteiger partial charge in [0.05, 0.1) is 19.1 Å². The lowest BCUT2D eigenvalue weighted by molar-refractivity contribution is -0.121. The normalized spacial score (nSPS) is 19.2. The maximum atomic E-state index is 12.3. The molecule has 2 rings (SSSR count). The molecule has 1 atom stereocenters. The maximum Gasteiger partial charge on any atom is 0.229 e. The molecule has 1 unspecified atom stereocenters. The van der Waals surface area contributed by atoms with Gasteiger partial charge in [0.25, 0.3) is 0 Å². The van der Waals surface area contributed by atoms with Crippen LogP contribution in [0.2, 0.25) is 0 Å². The molecule has 0 spiro atoms. The summed E-state index contributed by atoms with van der Waals surface area (Å²) in [6, 6.07) is 6.16. The van der Waals surface area contributed by atoms with E-state index in [1.165, 1.54) is 0 Å². The van der Waals surface area contributed by atoms with Crippen molar-refractivity contribution in [3.8, 4) is 0 Å². The van der Waals surface area contributed by atoms with E-state index in [1.807, 2.05) is 33.0 Å². The third kappa shape index (κ3) is 3.55. The number of morpholine rings is 1. The molecule has 1 aliphatic rings. The van der Waals surface area contributed by atoms with Crippen molar-refractivity contribution < 1.29 is 9.53 Å². The molecule has 0 aliphatic carbocycles. The van der Waals surface area contributed by atoms with E-state index in [9.17, 15) is 4.79 Å². The van der Waals surface area contributed by atoms with Crippen LogP contribution in [-0.4, -0.2) is 38.8 Å². The highest BCUT2D eigenvalue weighted by Crippen LogP contribution is 2.21. The van der Waals surface area contributed by atoms with E-state index in [4.69, 9.17) is 4.74 Å². The van der Waals surface area contributed by atoms with Gasteiger partial charge >= 0.3 is 0 Å². The minimum Gasteiger partial charge on any atom is -0.375 e. The molecule has 1 fully saturated rings. The number of nitrogens with one attached hydrogen (secondary N) is 1. The Balaban J connectivity index is 2.03. The number of carbonyl (C=O) groups excluding carboxylic acids is 1. The van der Waals surface area contributed by atoms with E-state index in [1.54, 1.807) is 4.90 Å². The lowest BCUT2D eigenvalue weighted by atomic mass is 10.1. The Morgan fingerprint density at radius 1 is 1.47 bits per heavy atom. The Morgan fingerprint density at radius 3 is 2.95 bits per heavy atom. The first kappa shape index (κ1) is 14.0. The Morgan fingerprint density at radius 2 is 2.26 bits per heavy atom. The quantitative estimate of drug-likeness (QED) is 0.900. The van der Waals surface area contributed by atoms with Crippen LogP contribution in [0.3, 0.4) is 0 Å². The fourth-order valence-electron chi connectivity index (χ4n) is 2.30.